The molecule has 1 heterocycles. The Labute approximate surface area is 107 Å². The van der Waals surface area contributed by atoms with Gasteiger partial charge in [-0.2, -0.15) is 0 Å². The van der Waals surface area contributed by atoms with Crippen LogP contribution in [0.4, 0.5) is 5.82 Å². The third-order valence-electron chi connectivity index (χ3n) is 3.61. The average Bonchev–Trinajstić information content (AvgIpc) is 3.05. The van der Waals surface area contributed by atoms with Gasteiger partial charge in [0.15, 0.2) is 0 Å². The highest BCUT2D eigenvalue weighted by Crippen LogP contribution is 2.44. The predicted octanol–water partition coefficient (Wildman–Crippen LogP) is 0.948. The Morgan fingerprint density at radius 2 is 2.17 bits per heavy atom. The number of pyridine rings is 1. The van der Waals surface area contributed by atoms with Gasteiger partial charge in [0, 0.05) is 12.2 Å². The standard InChI is InChI=1S/C13H20N4O/c1-8-5-9(2)17-12(10(8)11(15)18)16-7-13(6-14)3-4-13/h5H,3-4,6-7,14H2,1-2H3,(H2,15,18)(H,16,17). The number of anilines is 1. The third kappa shape index (κ3) is 2.46. The lowest BCUT2D eigenvalue weighted by Gasteiger charge is -2.17. The summed E-state index contributed by atoms with van der Waals surface area (Å²) in [6, 6.07) is 1.86. The van der Waals surface area contributed by atoms with Crippen LogP contribution >= 0.6 is 0 Å². The minimum absolute atomic E-state index is 0.189. The molecule has 1 aliphatic carbocycles. The van der Waals surface area contributed by atoms with Crippen LogP contribution in [0.1, 0.15) is 34.5 Å². The van der Waals surface area contributed by atoms with E-state index in [2.05, 4.69) is 10.3 Å². The van der Waals surface area contributed by atoms with E-state index in [1.165, 1.54) is 0 Å². The number of hydrogen-bond donors (Lipinski definition) is 3. The van der Waals surface area contributed by atoms with Gasteiger partial charge in [-0.1, -0.05) is 0 Å². The van der Waals surface area contributed by atoms with E-state index in [4.69, 9.17) is 11.5 Å². The molecule has 2 rings (SSSR count). The van der Waals surface area contributed by atoms with Crippen LogP contribution in [0.25, 0.3) is 0 Å². The first-order chi connectivity index (χ1) is 8.47. The first kappa shape index (κ1) is 12.8. The summed E-state index contributed by atoms with van der Waals surface area (Å²) in [4.78, 5) is 15.8. The van der Waals surface area contributed by atoms with Gasteiger partial charge in [0.25, 0.3) is 5.91 Å². The van der Waals surface area contributed by atoms with Crippen LogP contribution in [0.15, 0.2) is 6.07 Å². The Kier molecular flexibility index (Phi) is 3.26. The van der Waals surface area contributed by atoms with Crippen molar-refractivity contribution in [1.82, 2.24) is 4.98 Å². The van der Waals surface area contributed by atoms with Crippen molar-refractivity contribution in [3.8, 4) is 0 Å². The minimum atomic E-state index is -0.444. The van der Waals surface area contributed by atoms with Crippen molar-refractivity contribution >= 4 is 11.7 Å². The second kappa shape index (κ2) is 4.57. The molecule has 0 aromatic carbocycles. The number of nitrogens with zero attached hydrogens (tertiary/aromatic N) is 1. The molecule has 18 heavy (non-hydrogen) atoms. The molecule has 1 amide bonds. The van der Waals surface area contributed by atoms with Crippen molar-refractivity contribution in [3.63, 3.8) is 0 Å². The molecule has 0 saturated heterocycles. The number of nitrogens with two attached hydrogens (primary N) is 2. The molecule has 0 unspecified atom stereocenters. The van der Waals surface area contributed by atoms with Crippen molar-refractivity contribution in [3.05, 3.63) is 22.9 Å². The quantitative estimate of drug-likeness (QED) is 0.723. The molecule has 1 aromatic rings. The highest BCUT2D eigenvalue weighted by atomic mass is 16.1. The van der Waals surface area contributed by atoms with Crippen molar-refractivity contribution in [2.24, 2.45) is 16.9 Å². The van der Waals surface area contributed by atoms with Crippen molar-refractivity contribution < 1.29 is 4.79 Å². The molecule has 1 saturated carbocycles. The average molecular weight is 248 g/mol. The lowest BCUT2D eigenvalue weighted by molar-refractivity contribution is 0.1000. The molecule has 1 fully saturated rings. The molecule has 98 valence electrons. The lowest BCUT2D eigenvalue weighted by atomic mass is 10.1. The second-order valence-corrected chi connectivity index (χ2v) is 5.23. The Morgan fingerprint density at radius 1 is 1.50 bits per heavy atom. The van der Waals surface area contributed by atoms with E-state index in [-0.39, 0.29) is 5.41 Å². The number of amides is 1. The van der Waals surface area contributed by atoms with E-state index in [1.54, 1.807) is 0 Å². The minimum Gasteiger partial charge on any atom is -0.369 e. The Hall–Kier alpha value is -1.62. The fourth-order valence-corrected chi connectivity index (χ4v) is 2.18. The summed E-state index contributed by atoms with van der Waals surface area (Å²) in [5.74, 6) is 0.139. The third-order valence-corrected chi connectivity index (χ3v) is 3.61. The van der Waals surface area contributed by atoms with Crippen LogP contribution in [-0.2, 0) is 0 Å². The molecule has 0 spiro atoms. The summed E-state index contributed by atoms with van der Waals surface area (Å²) in [6.07, 6.45) is 2.26. The summed E-state index contributed by atoms with van der Waals surface area (Å²) in [5, 5.41) is 3.24. The fraction of sp³-hybridized carbons (Fsp3) is 0.538. The molecule has 0 aliphatic heterocycles. The van der Waals surface area contributed by atoms with Crippen LogP contribution < -0.4 is 16.8 Å². The number of primary amides is 1. The van der Waals surface area contributed by atoms with Crippen LogP contribution in [0.2, 0.25) is 0 Å². The zero-order valence-electron chi connectivity index (χ0n) is 10.9. The van der Waals surface area contributed by atoms with Crippen LogP contribution in [-0.4, -0.2) is 24.0 Å². The number of hydrogen-bond acceptors (Lipinski definition) is 4. The van der Waals surface area contributed by atoms with E-state index in [0.717, 1.165) is 30.6 Å². The first-order valence-electron chi connectivity index (χ1n) is 6.19. The van der Waals surface area contributed by atoms with Gasteiger partial charge in [-0.25, -0.2) is 4.98 Å². The normalized spacial score (nSPS) is 16.4. The first-order valence-corrected chi connectivity index (χ1v) is 6.19. The molecule has 5 heteroatoms. The molecule has 0 atom stereocenters. The fourth-order valence-electron chi connectivity index (χ4n) is 2.18. The predicted molar refractivity (Wildman–Crippen MR) is 71.4 cm³/mol. The maximum absolute atomic E-state index is 11.5. The smallest absolute Gasteiger partial charge is 0.252 e. The largest absolute Gasteiger partial charge is 0.369 e. The summed E-state index contributed by atoms with van der Waals surface area (Å²) in [7, 11) is 0. The summed E-state index contributed by atoms with van der Waals surface area (Å²) >= 11 is 0. The number of carbonyl (C=O) groups excluding carboxylic acids is 1. The van der Waals surface area contributed by atoms with Gasteiger partial charge in [-0.05, 0) is 50.3 Å². The van der Waals surface area contributed by atoms with Crippen molar-refractivity contribution in [1.29, 1.82) is 0 Å². The topological polar surface area (TPSA) is 94.0 Å². The zero-order chi connectivity index (χ0) is 13.3. The highest BCUT2D eigenvalue weighted by molar-refractivity contribution is 5.99. The highest BCUT2D eigenvalue weighted by Gasteiger charge is 2.41. The van der Waals surface area contributed by atoms with Gasteiger partial charge >= 0.3 is 0 Å². The number of rotatable bonds is 5. The molecular formula is C13H20N4O. The monoisotopic (exact) mass is 248 g/mol. The van der Waals surface area contributed by atoms with Gasteiger partial charge in [0.1, 0.15) is 5.82 Å². The molecule has 1 aliphatic rings. The maximum atomic E-state index is 11.5. The molecule has 0 radical (unpaired) electrons. The Morgan fingerprint density at radius 3 is 2.67 bits per heavy atom. The van der Waals surface area contributed by atoms with Gasteiger partial charge in [-0.3, -0.25) is 4.79 Å². The molecular weight excluding hydrogens is 228 g/mol. The van der Waals surface area contributed by atoms with E-state index < -0.39 is 5.91 Å². The van der Waals surface area contributed by atoms with Crippen LogP contribution in [0.3, 0.4) is 0 Å². The SMILES string of the molecule is Cc1cc(C)c(C(N)=O)c(NCC2(CN)CC2)n1. The summed E-state index contributed by atoms with van der Waals surface area (Å²) in [5.41, 5.74) is 13.5. The molecule has 0 bridgehead atoms. The van der Waals surface area contributed by atoms with Gasteiger partial charge in [-0.15, -0.1) is 0 Å². The van der Waals surface area contributed by atoms with Crippen molar-refractivity contribution in [2.45, 2.75) is 26.7 Å². The summed E-state index contributed by atoms with van der Waals surface area (Å²) < 4.78 is 0. The van der Waals surface area contributed by atoms with Gasteiger partial charge in [0.2, 0.25) is 0 Å². The molecule has 5 N–H and O–H groups in total. The van der Waals surface area contributed by atoms with E-state index in [0.29, 0.717) is 17.9 Å². The van der Waals surface area contributed by atoms with E-state index in [1.807, 2.05) is 19.9 Å². The lowest BCUT2D eigenvalue weighted by Crippen LogP contribution is -2.26. The number of carbonyl (C=O) groups is 1. The van der Waals surface area contributed by atoms with E-state index in [9.17, 15) is 4.79 Å². The maximum Gasteiger partial charge on any atom is 0.252 e. The second-order valence-electron chi connectivity index (χ2n) is 5.23. The Balaban J connectivity index is 2.23. The number of nitrogens with one attached hydrogen (secondary N) is 1. The Bertz CT molecular complexity index is 480. The number of aromatic nitrogens is 1. The van der Waals surface area contributed by atoms with Crippen LogP contribution in [0.5, 0.6) is 0 Å². The van der Waals surface area contributed by atoms with Gasteiger partial charge in [0.05, 0.1) is 5.56 Å². The number of aryl methyl sites for hydroxylation is 2. The zero-order valence-corrected chi connectivity index (χ0v) is 10.9. The molecule has 5 nitrogen and oxygen atoms in total. The summed E-state index contributed by atoms with van der Waals surface area (Å²) in [6.45, 7) is 5.19. The molecule has 1 aromatic heterocycles. The van der Waals surface area contributed by atoms with Gasteiger partial charge < -0.3 is 16.8 Å². The van der Waals surface area contributed by atoms with Crippen molar-refractivity contribution in [2.75, 3.05) is 18.4 Å². The van der Waals surface area contributed by atoms with Crippen LogP contribution in [0, 0.1) is 19.3 Å². The van der Waals surface area contributed by atoms with E-state index >= 15 is 0 Å².